The van der Waals surface area contributed by atoms with Gasteiger partial charge in [0.2, 0.25) is 0 Å². The number of hydrogen-bond acceptors (Lipinski definition) is 4. The fourth-order valence-corrected chi connectivity index (χ4v) is 2.21. The molecular formula is C12H23NO3. The van der Waals surface area contributed by atoms with Gasteiger partial charge in [-0.1, -0.05) is 19.8 Å². The number of carbonyl (C=O) groups excluding carboxylic acids is 1. The Kier molecular flexibility index (Phi) is 5.77. The van der Waals surface area contributed by atoms with E-state index in [2.05, 4.69) is 11.8 Å². The first-order valence-corrected chi connectivity index (χ1v) is 6.07. The van der Waals surface area contributed by atoms with E-state index in [4.69, 9.17) is 9.47 Å². The number of ether oxygens (including phenoxy) is 2. The van der Waals surface area contributed by atoms with Crippen molar-refractivity contribution in [1.82, 2.24) is 4.90 Å². The lowest BCUT2D eigenvalue weighted by molar-refractivity contribution is -0.147. The van der Waals surface area contributed by atoms with Gasteiger partial charge in [-0.25, -0.2) is 0 Å². The highest BCUT2D eigenvalue weighted by Gasteiger charge is 2.32. The van der Waals surface area contributed by atoms with Gasteiger partial charge in [-0.2, -0.15) is 0 Å². The molecule has 1 aliphatic heterocycles. The van der Waals surface area contributed by atoms with E-state index in [1.54, 1.807) is 7.11 Å². The van der Waals surface area contributed by atoms with Gasteiger partial charge < -0.3 is 9.47 Å². The lowest BCUT2D eigenvalue weighted by Crippen LogP contribution is -2.41. The molecule has 1 saturated heterocycles. The van der Waals surface area contributed by atoms with E-state index >= 15 is 0 Å². The van der Waals surface area contributed by atoms with Gasteiger partial charge in [0.15, 0.2) is 0 Å². The van der Waals surface area contributed by atoms with Crippen LogP contribution < -0.4 is 0 Å². The maximum absolute atomic E-state index is 11.7. The van der Waals surface area contributed by atoms with Gasteiger partial charge in [0.1, 0.15) is 6.04 Å². The Bertz CT molecular complexity index is 220. The smallest absolute Gasteiger partial charge is 0.323 e. The highest BCUT2D eigenvalue weighted by molar-refractivity contribution is 5.75. The molecule has 2 atom stereocenters. The zero-order chi connectivity index (χ0) is 12.0. The summed E-state index contributed by atoms with van der Waals surface area (Å²) < 4.78 is 10.2. The maximum atomic E-state index is 11.7. The van der Waals surface area contributed by atoms with Crippen molar-refractivity contribution in [2.75, 3.05) is 27.3 Å². The van der Waals surface area contributed by atoms with E-state index in [-0.39, 0.29) is 18.1 Å². The third kappa shape index (κ3) is 3.46. The van der Waals surface area contributed by atoms with Crippen LogP contribution in [0.15, 0.2) is 0 Å². The van der Waals surface area contributed by atoms with E-state index in [1.165, 1.54) is 7.11 Å². The number of esters is 1. The second-order valence-corrected chi connectivity index (χ2v) is 4.32. The van der Waals surface area contributed by atoms with Gasteiger partial charge in [-0.15, -0.1) is 0 Å². The van der Waals surface area contributed by atoms with Crippen molar-refractivity contribution in [3.05, 3.63) is 0 Å². The summed E-state index contributed by atoms with van der Waals surface area (Å²) in [6.45, 7) is 3.91. The highest BCUT2D eigenvalue weighted by Crippen LogP contribution is 2.19. The first kappa shape index (κ1) is 13.5. The van der Waals surface area contributed by atoms with E-state index < -0.39 is 0 Å². The molecule has 16 heavy (non-hydrogen) atoms. The van der Waals surface area contributed by atoms with E-state index in [9.17, 15) is 4.79 Å². The van der Waals surface area contributed by atoms with Crippen molar-refractivity contribution in [1.29, 1.82) is 0 Å². The number of rotatable bonds is 6. The van der Waals surface area contributed by atoms with Gasteiger partial charge >= 0.3 is 5.97 Å². The third-order valence-corrected chi connectivity index (χ3v) is 3.25. The van der Waals surface area contributed by atoms with E-state index in [0.29, 0.717) is 0 Å². The number of unbranched alkanes of at least 4 members (excludes halogenated alkanes) is 1. The molecule has 2 unspecified atom stereocenters. The van der Waals surface area contributed by atoms with Crippen molar-refractivity contribution in [2.24, 2.45) is 0 Å². The topological polar surface area (TPSA) is 38.8 Å². The summed E-state index contributed by atoms with van der Waals surface area (Å²) in [6, 6.07) is -0.0786. The fraction of sp³-hybridized carbons (Fsp3) is 0.917. The molecule has 4 heteroatoms. The van der Waals surface area contributed by atoms with Crippen LogP contribution in [0.1, 0.15) is 32.6 Å². The van der Waals surface area contributed by atoms with Gasteiger partial charge in [-0.05, 0) is 12.8 Å². The van der Waals surface area contributed by atoms with Crippen LogP contribution in [0.4, 0.5) is 0 Å². The number of carbonyl (C=O) groups is 1. The minimum absolute atomic E-state index is 0.0786. The molecule has 4 nitrogen and oxygen atoms in total. The molecule has 0 spiro atoms. The van der Waals surface area contributed by atoms with Crippen LogP contribution in [0.2, 0.25) is 0 Å². The Morgan fingerprint density at radius 2 is 2.25 bits per heavy atom. The van der Waals surface area contributed by atoms with Crippen molar-refractivity contribution >= 4 is 5.97 Å². The van der Waals surface area contributed by atoms with Crippen LogP contribution in [0.25, 0.3) is 0 Å². The molecule has 0 bridgehead atoms. The second-order valence-electron chi connectivity index (χ2n) is 4.32. The summed E-state index contributed by atoms with van der Waals surface area (Å²) in [5.74, 6) is -0.106. The largest absolute Gasteiger partial charge is 0.468 e. The number of likely N-dealkylation sites (tertiary alicyclic amines) is 1. The number of nitrogens with zero attached hydrogens (tertiary/aromatic N) is 1. The maximum Gasteiger partial charge on any atom is 0.323 e. The molecule has 0 aromatic heterocycles. The predicted molar refractivity (Wildman–Crippen MR) is 62.3 cm³/mol. The molecule has 1 fully saturated rings. The molecule has 94 valence electrons. The van der Waals surface area contributed by atoms with Crippen molar-refractivity contribution in [2.45, 2.75) is 44.8 Å². The van der Waals surface area contributed by atoms with Crippen LogP contribution >= 0.6 is 0 Å². The molecule has 0 aromatic rings. The van der Waals surface area contributed by atoms with Crippen LogP contribution in [-0.2, 0) is 14.3 Å². The van der Waals surface area contributed by atoms with Crippen molar-refractivity contribution in [3.8, 4) is 0 Å². The fourth-order valence-electron chi connectivity index (χ4n) is 2.21. The molecule has 1 rings (SSSR count). The summed E-state index contributed by atoms with van der Waals surface area (Å²) in [5, 5.41) is 0. The Morgan fingerprint density at radius 3 is 2.75 bits per heavy atom. The molecule has 0 N–H and O–H groups in total. The molecule has 1 aliphatic rings. The first-order valence-electron chi connectivity index (χ1n) is 6.07. The minimum atomic E-state index is -0.106. The van der Waals surface area contributed by atoms with Crippen LogP contribution in [0.5, 0.6) is 0 Å². The van der Waals surface area contributed by atoms with E-state index in [0.717, 1.165) is 38.8 Å². The quantitative estimate of drug-likeness (QED) is 0.646. The van der Waals surface area contributed by atoms with Gasteiger partial charge in [0.25, 0.3) is 0 Å². The Labute approximate surface area is 97.9 Å². The van der Waals surface area contributed by atoms with Crippen molar-refractivity contribution in [3.63, 3.8) is 0 Å². The molecule has 0 aromatic carbocycles. The van der Waals surface area contributed by atoms with Crippen LogP contribution in [0.3, 0.4) is 0 Å². The minimum Gasteiger partial charge on any atom is -0.468 e. The Balaban J connectivity index is 2.51. The zero-order valence-corrected chi connectivity index (χ0v) is 10.6. The molecular weight excluding hydrogens is 206 g/mol. The SMILES string of the molecule is CCCCC(C(=O)OC)N1CCC(OC)C1. The van der Waals surface area contributed by atoms with E-state index in [1.807, 2.05) is 0 Å². The summed E-state index contributed by atoms with van der Waals surface area (Å²) in [4.78, 5) is 13.9. The van der Waals surface area contributed by atoms with Gasteiger partial charge in [0.05, 0.1) is 13.2 Å². The summed E-state index contributed by atoms with van der Waals surface area (Å²) in [5.41, 5.74) is 0. The second kappa shape index (κ2) is 6.86. The standard InChI is InChI=1S/C12H23NO3/c1-4-5-6-11(12(14)16-3)13-8-7-10(9-13)15-2/h10-11H,4-9H2,1-3H3. The summed E-state index contributed by atoms with van der Waals surface area (Å²) in [6.07, 6.45) is 4.34. The average Bonchev–Trinajstić information content (AvgIpc) is 2.77. The van der Waals surface area contributed by atoms with Crippen LogP contribution in [-0.4, -0.2) is 50.3 Å². The molecule has 0 aliphatic carbocycles. The molecule has 0 saturated carbocycles. The Hall–Kier alpha value is -0.610. The molecule has 0 amide bonds. The predicted octanol–water partition coefficient (Wildman–Crippen LogP) is 1.44. The third-order valence-electron chi connectivity index (χ3n) is 3.25. The summed E-state index contributed by atoms with van der Waals surface area (Å²) >= 11 is 0. The van der Waals surface area contributed by atoms with Gasteiger partial charge in [0, 0.05) is 20.2 Å². The normalized spacial score (nSPS) is 23.3. The summed E-state index contributed by atoms with van der Waals surface area (Å²) in [7, 11) is 3.19. The molecule has 0 radical (unpaired) electrons. The highest BCUT2D eigenvalue weighted by atomic mass is 16.5. The average molecular weight is 229 g/mol. The lowest BCUT2D eigenvalue weighted by Gasteiger charge is -2.25. The Morgan fingerprint density at radius 1 is 1.50 bits per heavy atom. The van der Waals surface area contributed by atoms with Gasteiger partial charge in [-0.3, -0.25) is 9.69 Å². The number of hydrogen-bond donors (Lipinski definition) is 0. The lowest BCUT2D eigenvalue weighted by atomic mass is 10.1. The zero-order valence-electron chi connectivity index (χ0n) is 10.6. The molecule has 1 heterocycles. The van der Waals surface area contributed by atoms with Crippen molar-refractivity contribution < 1.29 is 14.3 Å². The monoisotopic (exact) mass is 229 g/mol. The first-order chi connectivity index (χ1) is 7.72. The van der Waals surface area contributed by atoms with Crippen LogP contribution in [0, 0.1) is 0 Å². The number of methoxy groups -OCH3 is 2.